The fourth-order valence-electron chi connectivity index (χ4n) is 3.82. The molecule has 1 aromatic rings. The lowest BCUT2D eigenvalue weighted by atomic mass is 9.96. The summed E-state index contributed by atoms with van der Waals surface area (Å²) < 4.78 is 26.5. The molecule has 7 heteroatoms. The minimum atomic E-state index is -3.24. The normalized spacial score (nSPS) is 20.5. The molecule has 1 fully saturated rings. The Morgan fingerprint density at radius 3 is 2.32 bits per heavy atom. The van der Waals surface area contributed by atoms with Crippen LogP contribution in [0.2, 0.25) is 0 Å². The zero-order chi connectivity index (χ0) is 18.1. The van der Waals surface area contributed by atoms with Gasteiger partial charge in [-0.1, -0.05) is 31.2 Å². The monoisotopic (exact) mass is 366 g/mol. The second-order valence-corrected chi connectivity index (χ2v) is 9.03. The summed E-state index contributed by atoms with van der Waals surface area (Å²) in [5, 5.41) is 10.9. The van der Waals surface area contributed by atoms with E-state index in [1.165, 1.54) is 0 Å². The Kier molecular flexibility index (Phi) is 5.18. The van der Waals surface area contributed by atoms with E-state index in [9.17, 15) is 18.3 Å². The maximum absolute atomic E-state index is 12.8. The lowest BCUT2D eigenvalue weighted by Crippen LogP contribution is -2.54. The number of hydrogen-bond donors (Lipinski definition) is 2. The number of carbonyl (C=O) groups excluding carboxylic acids is 1. The van der Waals surface area contributed by atoms with Crippen LogP contribution in [0.1, 0.15) is 37.3 Å². The molecule has 1 amide bonds. The van der Waals surface area contributed by atoms with Crippen LogP contribution in [0.25, 0.3) is 0 Å². The van der Waals surface area contributed by atoms with Crippen LogP contribution in [-0.4, -0.2) is 54.8 Å². The van der Waals surface area contributed by atoms with Crippen LogP contribution >= 0.6 is 0 Å². The summed E-state index contributed by atoms with van der Waals surface area (Å²) in [7, 11) is -3.24. The molecule has 2 aliphatic rings. The second kappa shape index (κ2) is 7.05. The zero-order valence-corrected chi connectivity index (χ0v) is 15.4. The average Bonchev–Trinajstić information content (AvgIpc) is 2.92. The molecule has 25 heavy (non-hydrogen) atoms. The molecule has 6 nitrogen and oxygen atoms in total. The Bertz CT molecular complexity index is 714. The van der Waals surface area contributed by atoms with Crippen molar-refractivity contribution in [1.29, 1.82) is 0 Å². The Morgan fingerprint density at radius 2 is 1.80 bits per heavy atom. The minimum absolute atomic E-state index is 0.129. The number of aliphatic hydroxyl groups is 1. The summed E-state index contributed by atoms with van der Waals surface area (Å²) in [6.45, 7) is 2.77. The predicted octanol–water partition coefficient (Wildman–Crippen LogP) is 0.837. The van der Waals surface area contributed by atoms with E-state index in [1.807, 2.05) is 31.2 Å². The van der Waals surface area contributed by atoms with E-state index >= 15 is 0 Å². The van der Waals surface area contributed by atoms with Gasteiger partial charge in [0, 0.05) is 32.0 Å². The van der Waals surface area contributed by atoms with E-state index in [1.54, 1.807) is 4.90 Å². The number of carbonyl (C=O) groups is 1. The molecule has 0 aromatic heterocycles. The van der Waals surface area contributed by atoms with Crippen LogP contribution in [0, 0.1) is 0 Å². The summed E-state index contributed by atoms with van der Waals surface area (Å²) in [6, 6.07) is 7.62. The first-order valence-electron chi connectivity index (χ1n) is 8.91. The van der Waals surface area contributed by atoms with E-state index in [-0.39, 0.29) is 17.7 Å². The molecule has 1 heterocycles. The Morgan fingerprint density at radius 1 is 1.24 bits per heavy atom. The number of nitrogens with zero attached hydrogens (tertiary/aromatic N) is 1. The highest BCUT2D eigenvalue weighted by atomic mass is 32.2. The summed E-state index contributed by atoms with van der Waals surface area (Å²) in [5.74, 6) is -0.108. The summed E-state index contributed by atoms with van der Waals surface area (Å²) >= 11 is 0. The third-order valence-electron chi connectivity index (χ3n) is 5.08. The van der Waals surface area contributed by atoms with Gasteiger partial charge in [-0.3, -0.25) is 4.79 Å². The van der Waals surface area contributed by atoms with Gasteiger partial charge in [-0.05, 0) is 30.4 Å². The molecule has 3 rings (SSSR count). The molecule has 138 valence electrons. The molecule has 0 radical (unpaired) electrons. The topological polar surface area (TPSA) is 86.7 Å². The van der Waals surface area contributed by atoms with E-state index in [0.29, 0.717) is 45.2 Å². The van der Waals surface area contributed by atoms with Gasteiger partial charge in [0.15, 0.2) is 5.60 Å². The van der Waals surface area contributed by atoms with Gasteiger partial charge in [0.05, 0.1) is 5.75 Å². The van der Waals surface area contributed by atoms with Gasteiger partial charge in [0.25, 0.3) is 5.91 Å². The third-order valence-corrected chi connectivity index (χ3v) is 6.72. The van der Waals surface area contributed by atoms with Gasteiger partial charge in [-0.25, -0.2) is 13.1 Å². The van der Waals surface area contributed by atoms with Crippen LogP contribution in [0.5, 0.6) is 0 Å². The van der Waals surface area contributed by atoms with Gasteiger partial charge in [-0.15, -0.1) is 0 Å². The SMILES string of the molecule is CCCS(=O)(=O)NC1CCN(C(=O)C2(O)Cc3ccccc3C2)CC1. The van der Waals surface area contributed by atoms with Crippen molar-refractivity contribution in [2.45, 2.75) is 50.7 Å². The Labute approximate surface area is 149 Å². The van der Waals surface area contributed by atoms with Crippen molar-refractivity contribution in [3.63, 3.8) is 0 Å². The number of rotatable bonds is 5. The molecule has 0 spiro atoms. The highest BCUT2D eigenvalue weighted by molar-refractivity contribution is 7.89. The van der Waals surface area contributed by atoms with Crippen molar-refractivity contribution in [2.75, 3.05) is 18.8 Å². The third kappa shape index (κ3) is 4.04. The average molecular weight is 366 g/mol. The molecule has 1 saturated heterocycles. The fourth-order valence-corrected chi connectivity index (χ4v) is 5.22. The van der Waals surface area contributed by atoms with Crippen molar-refractivity contribution in [1.82, 2.24) is 9.62 Å². The maximum Gasteiger partial charge on any atom is 0.255 e. The molecule has 1 aliphatic heterocycles. The van der Waals surface area contributed by atoms with Crippen LogP contribution in [0.4, 0.5) is 0 Å². The highest BCUT2D eigenvalue weighted by Gasteiger charge is 2.44. The number of hydrogen-bond acceptors (Lipinski definition) is 4. The van der Waals surface area contributed by atoms with Crippen LogP contribution < -0.4 is 4.72 Å². The molecular formula is C18H26N2O4S. The molecule has 0 atom stereocenters. The first-order chi connectivity index (χ1) is 11.8. The molecule has 1 aliphatic carbocycles. The number of fused-ring (bicyclic) bond motifs is 1. The van der Waals surface area contributed by atoms with Crippen molar-refractivity contribution >= 4 is 15.9 Å². The van der Waals surface area contributed by atoms with E-state index < -0.39 is 15.6 Å². The Balaban J connectivity index is 1.58. The van der Waals surface area contributed by atoms with Gasteiger partial charge < -0.3 is 10.0 Å². The molecule has 0 saturated carbocycles. The zero-order valence-electron chi connectivity index (χ0n) is 14.6. The van der Waals surface area contributed by atoms with E-state index in [4.69, 9.17) is 0 Å². The number of amides is 1. The standard InChI is InChI=1S/C18H26N2O4S/c1-2-11-25(23,24)19-16-7-9-20(10-8-16)17(21)18(22)12-14-5-3-4-6-15(14)13-18/h3-6,16,19,22H,2,7-13H2,1H3. The molecule has 1 aromatic carbocycles. The van der Waals surface area contributed by atoms with Crippen molar-refractivity contribution in [2.24, 2.45) is 0 Å². The van der Waals surface area contributed by atoms with E-state index in [2.05, 4.69) is 4.72 Å². The largest absolute Gasteiger partial charge is 0.379 e. The first-order valence-corrected chi connectivity index (χ1v) is 10.6. The first kappa shape index (κ1) is 18.4. The van der Waals surface area contributed by atoms with E-state index in [0.717, 1.165) is 11.1 Å². The Hall–Kier alpha value is -1.44. The van der Waals surface area contributed by atoms with Crippen molar-refractivity contribution < 1.29 is 18.3 Å². The number of benzene rings is 1. The number of nitrogens with one attached hydrogen (secondary N) is 1. The summed E-state index contributed by atoms with van der Waals surface area (Å²) in [6.07, 6.45) is 2.45. The summed E-state index contributed by atoms with van der Waals surface area (Å²) in [4.78, 5) is 14.5. The molecule has 0 unspecified atom stereocenters. The van der Waals surface area contributed by atoms with Gasteiger partial charge in [-0.2, -0.15) is 0 Å². The summed E-state index contributed by atoms with van der Waals surface area (Å²) in [5.41, 5.74) is 0.694. The van der Waals surface area contributed by atoms with Crippen LogP contribution in [-0.2, 0) is 27.7 Å². The minimum Gasteiger partial charge on any atom is -0.379 e. The van der Waals surface area contributed by atoms with Gasteiger partial charge in [0.2, 0.25) is 10.0 Å². The maximum atomic E-state index is 12.8. The fraction of sp³-hybridized carbons (Fsp3) is 0.611. The highest BCUT2D eigenvalue weighted by Crippen LogP contribution is 2.32. The number of likely N-dealkylation sites (tertiary alicyclic amines) is 1. The lowest BCUT2D eigenvalue weighted by molar-refractivity contribution is -0.151. The quantitative estimate of drug-likeness (QED) is 0.808. The number of sulfonamides is 1. The predicted molar refractivity (Wildman–Crippen MR) is 95.6 cm³/mol. The van der Waals surface area contributed by atoms with Gasteiger partial charge in [0.1, 0.15) is 0 Å². The molecule has 2 N–H and O–H groups in total. The number of piperidine rings is 1. The van der Waals surface area contributed by atoms with Crippen molar-refractivity contribution in [3.8, 4) is 0 Å². The second-order valence-electron chi connectivity index (χ2n) is 7.16. The molecular weight excluding hydrogens is 340 g/mol. The molecule has 0 bridgehead atoms. The van der Waals surface area contributed by atoms with Gasteiger partial charge >= 0.3 is 0 Å². The smallest absolute Gasteiger partial charge is 0.255 e. The van der Waals surface area contributed by atoms with Crippen molar-refractivity contribution in [3.05, 3.63) is 35.4 Å². The van der Waals surface area contributed by atoms with Crippen LogP contribution in [0.15, 0.2) is 24.3 Å². The van der Waals surface area contributed by atoms with Crippen LogP contribution in [0.3, 0.4) is 0 Å². The lowest BCUT2D eigenvalue weighted by Gasteiger charge is -2.36.